The van der Waals surface area contributed by atoms with Crippen LogP contribution in [-0.4, -0.2) is 48.8 Å². The van der Waals surface area contributed by atoms with Crippen LogP contribution in [0.3, 0.4) is 0 Å². The number of rotatable bonds is 3. The van der Waals surface area contributed by atoms with Gasteiger partial charge in [-0.1, -0.05) is 0 Å². The van der Waals surface area contributed by atoms with Gasteiger partial charge in [0.2, 0.25) is 0 Å². The highest BCUT2D eigenvalue weighted by atomic mass is 32.2. The van der Waals surface area contributed by atoms with E-state index >= 15 is 0 Å². The summed E-state index contributed by atoms with van der Waals surface area (Å²) in [6.45, 7) is 0. The molecule has 0 aliphatic carbocycles. The molecule has 0 saturated heterocycles. The van der Waals surface area contributed by atoms with Crippen molar-refractivity contribution < 1.29 is 46.4 Å². The molecular weight excluding hydrogens is 272 g/mol. The Morgan fingerprint density at radius 1 is 0.750 bits per heavy atom. The maximum Gasteiger partial charge on any atom is 0.303 e. The van der Waals surface area contributed by atoms with E-state index in [4.69, 9.17) is 36.8 Å². The van der Waals surface area contributed by atoms with Gasteiger partial charge in [0.05, 0.1) is 12.8 Å². The molecule has 0 aromatic carbocycles. The first-order valence-electron chi connectivity index (χ1n) is 3.13. The Kier molecular flexibility index (Phi) is 18.0. The molecule has 0 rings (SSSR count). The normalized spacial score (nSPS) is 8.62. The number of aliphatic carboxylic acids is 2. The Balaban J connectivity index is -0.000000179. The Morgan fingerprint density at radius 3 is 0.938 bits per heavy atom. The second-order valence-electron chi connectivity index (χ2n) is 1.75. The van der Waals surface area contributed by atoms with Crippen LogP contribution >= 0.6 is 0 Å². The van der Waals surface area contributed by atoms with Crippen molar-refractivity contribution in [1.82, 2.24) is 0 Å². The molecule has 12 heteroatoms. The Hall–Kier alpha value is -0.920. The number of carboxylic acids is 2. The van der Waals surface area contributed by atoms with Crippen LogP contribution < -0.4 is 0 Å². The van der Waals surface area contributed by atoms with Gasteiger partial charge in [-0.2, -0.15) is 8.42 Å². The summed E-state index contributed by atoms with van der Waals surface area (Å²) in [6.07, 6.45) is -0.593. The molecule has 0 spiro atoms. The third-order valence-electron chi connectivity index (χ3n) is 0.553. The average molecular weight is 282 g/mol. The first-order chi connectivity index (χ1) is 7.09. The second-order valence-corrected chi connectivity index (χ2v) is 2.67. The summed E-state index contributed by atoms with van der Waals surface area (Å²) in [5.41, 5.74) is 0. The summed E-state index contributed by atoms with van der Waals surface area (Å²) < 4.78 is 45.7. The molecule has 6 N–H and O–H groups in total. The summed E-state index contributed by atoms with van der Waals surface area (Å²) in [5, 5.41) is 15.8. The van der Waals surface area contributed by atoms with Crippen LogP contribution in [0.4, 0.5) is 0 Å². The summed E-state index contributed by atoms with van der Waals surface area (Å²) in [4.78, 5) is 19.3. The van der Waals surface area contributed by atoms with E-state index in [-0.39, 0.29) is 12.8 Å². The van der Waals surface area contributed by atoms with Crippen molar-refractivity contribution in [2.45, 2.75) is 12.8 Å². The minimum absolute atomic E-state index is 0.296. The van der Waals surface area contributed by atoms with Crippen LogP contribution in [0.25, 0.3) is 0 Å². The van der Waals surface area contributed by atoms with Crippen molar-refractivity contribution in [2.75, 3.05) is 0 Å². The first-order valence-corrected chi connectivity index (χ1v) is 5.25. The van der Waals surface area contributed by atoms with E-state index in [9.17, 15) is 9.59 Å². The lowest BCUT2D eigenvalue weighted by molar-refractivity contribution is -0.143. The van der Waals surface area contributed by atoms with Gasteiger partial charge in [0.1, 0.15) is 0 Å². The highest BCUT2D eigenvalue weighted by Gasteiger charge is 2.00. The minimum atomic E-state index is -2.61. The molecule has 0 radical (unpaired) electrons. The van der Waals surface area contributed by atoms with Crippen LogP contribution in [0.5, 0.6) is 0 Å². The van der Waals surface area contributed by atoms with Gasteiger partial charge in [-0.3, -0.25) is 27.8 Å². The smallest absolute Gasteiger partial charge is 0.303 e. The van der Waals surface area contributed by atoms with Crippen molar-refractivity contribution >= 4 is 34.7 Å². The highest BCUT2D eigenvalue weighted by Crippen LogP contribution is 1.86. The molecule has 0 fully saturated rings. The lowest BCUT2D eigenvalue weighted by Crippen LogP contribution is -2.00. The fourth-order valence-electron chi connectivity index (χ4n) is 0.214. The summed E-state index contributed by atoms with van der Waals surface area (Å²) in [6, 6.07) is 0. The predicted molar refractivity (Wildman–Crippen MR) is 51.3 cm³/mol. The zero-order valence-corrected chi connectivity index (χ0v) is 9.18. The largest absolute Gasteiger partial charge is 0.481 e. The number of hydrogen-bond donors (Lipinski definition) is 6. The first kappa shape index (κ1) is 20.5. The molecule has 16 heavy (non-hydrogen) atoms. The van der Waals surface area contributed by atoms with E-state index in [1.54, 1.807) is 0 Å². The molecule has 0 heterocycles. The molecule has 0 aromatic heterocycles. The van der Waals surface area contributed by atoms with Crippen molar-refractivity contribution in [3.8, 4) is 0 Å². The molecular formula is C4H10O10S2. The van der Waals surface area contributed by atoms with Gasteiger partial charge < -0.3 is 10.2 Å². The minimum Gasteiger partial charge on any atom is -0.481 e. The van der Waals surface area contributed by atoms with Crippen LogP contribution in [-0.2, 0) is 32.3 Å². The van der Waals surface area contributed by atoms with Gasteiger partial charge in [-0.15, -0.1) is 0 Å². The quantitative estimate of drug-likeness (QED) is 0.361. The summed E-state index contributed by atoms with van der Waals surface area (Å²) in [7, 11) is 0. The lowest BCUT2D eigenvalue weighted by Gasteiger charge is -1.85. The van der Waals surface area contributed by atoms with Gasteiger partial charge in [0.15, 0.2) is 0 Å². The Morgan fingerprint density at radius 2 is 0.875 bits per heavy atom. The number of carbonyl (C=O) groups is 2. The molecule has 0 bridgehead atoms. The van der Waals surface area contributed by atoms with Crippen LogP contribution in [0.15, 0.2) is 0 Å². The maximum atomic E-state index is 9.64. The number of carboxylic acid groups (broad SMARTS) is 2. The topological polar surface area (TPSA) is 190 Å². The molecule has 0 saturated carbocycles. The molecule has 10 nitrogen and oxygen atoms in total. The van der Waals surface area contributed by atoms with E-state index in [1.807, 2.05) is 0 Å². The van der Waals surface area contributed by atoms with Gasteiger partial charge in [0.25, 0.3) is 22.7 Å². The molecule has 0 aliphatic heterocycles. The molecule has 0 amide bonds. The second kappa shape index (κ2) is 14.1. The standard InChI is InChI=1S/C4H6O4.2H2O3S/c5-3(6)1-2-4(7)8;2*1-4(2)3/h1-2H2,(H,5,6)(H,7,8);2*(H2,1,2,3). The third-order valence-corrected chi connectivity index (χ3v) is 0.553. The predicted octanol–water partition coefficient (Wildman–Crippen LogP) is -0.702. The van der Waals surface area contributed by atoms with Gasteiger partial charge >= 0.3 is 11.9 Å². The van der Waals surface area contributed by atoms with E-state index < -0.39 is 34.7 Å². The van der Waals surface area contributed by atoms with E-state index in [2.05, 4.69) is 0 Å². The van der Waals surface area contributed by atoms with Crippen LogP contribution in [0.2, 0.25) is 0 Å². The molecule has 0 aromatic rings. The average Bonchev–Trinajstić information content (AvgIpc) is 1.98. The van der Waals surface area contributed by atoms with Gasteiger partial charge in [-0.25, -0.2) is 0 Å². The van der Waals surface area contributed by atoms with Crippen LogP contribution in [0, 0.1) is 0 Å². The van der Waals surface area contributed by atoms with Gasteiger partial charge in [0, 0.05) is 0 Å². The fourth-order valence-corrected chi connectivity index (χ4v) is 0.214. The molecule has 0 aliphatic rings. The highest BCUT2D eigenvalue weighted by molar-refractivity contribution is 7.73. The summed E-state index contributed by atoms with van der Waals surface area (Å²) >= 11 is -5.22. The molecule has 98 valence electrons. The van der Waals surface area contributed by atoms with E-state index in [0.29, 0.717) is 0 Å². The monoisotopic (exact) mass is 282 g/mol. The third kappa shape index (κ3) is 115. The van der Waals surface area contributed by atoms with E-state index in [0.717, 1.165) is 0 Å². The zero-order valence-electron chi connectivity index (χ0n) is 7.55. The lowest BCUT2D eigenvalue weighted by atomic mass is 10.3. The van der Waals surface area contributed by atoms with Crippen molar-refractivity contribution in [3.05, 3.63) is 0 Å². The maximum absolute atomic E-state index is 9.64. The fraction of sp³-hybridized carbons (Fsp3) is 0.500. The molecule has 0 atom stereocenters. The Labute approximate surface area is 94.5 Å². The Bertz CT molecular complexity index is 215. The number of hydrogen-bond acceptors (Lipinski definition) is 4. The van der Waals surface area contributed by atoms with Crippen molar-refractivity contribution in [2.24, 2.45) is 0 Å². The van der Waals surface area contributed by atoms with Crippen molar-refractivity contribution in [3.63, 3.8) is 0 Å². The van der Waals surface area contributed by atoms with Crippen LogP contribution in [0.1, 0.15) is 12.8 Å². The SMILES string of the molecule is O=C(O)CCC(=O)O.O=S(O)O.O=S(O)O. The van der Waals surface area contributed by atoms with Crippen molar-refractivity contribution in [1.29, 1.82) is 0 Å². The zero-order chi connectivity index (χ0) is 13.7. The van der Waals surface area contributed by atoms with E-state index in [1.165, 1.54) is 0 Å². The molecule has 0 unspecified atom stereocenters. The van der Waals surface area contributed by atoms with Gasteiger partial charge in [-0.05, 0) is 0 Å². The summed E-state index contributed by atoms with van der Waals surface area (Å²) in [5.74, 6) is -2.15.